The van der Waals surface area contributed by atoms with Crippen molar-refractivity contribution in [2.45, 2.75) is 57.5 Å². The number of allylic oxidation sites excluding steroid dienone is 1. The fourth-order valence-electron chi connectivity index (χ4n) is 2.21. The summed E-state index contributed by atoms with van der Waals surface area (Å²) in [7, 11) is 0. The van der Waals surface area contributed by atoms with Crippen molar-refractivity contribution >= 4 is 5.97 Å². The molecule has 0 aromatic rings. The number of esters is 1. The molecule has 0 saturated carbocycles. The molecular formula is C13H20O3. The molecule has 2 bridgehead atoms. The van der Waals surface area contributed by atoms with Crippen LogP contribution in [0.5, 0.6) is 0 Å². The van der Waals surface area contributed by atoms with Gasteiger partial charge in [-0.3, -0.25) is 4.79 Å². The van der Waals surface area contributed by atoms with Gasteiger partial charge >= 0.3 is 5.97 Å². The van der Waals surface area contributed by atoms with E-state index >= 15 is 0 Å². The van der Waals surface area contributed by atoms with Crippen LogP contribution in [0.3, 0.4) is 0 Å². The zero-order valence-electron chi connectivity index (χ0n) is 9.74. The van der Waals surface area contributed by atoms with Gasteiger partial charge in [0.1, 0.15) is 6.10 Å². The SMILES string of the molecule is O=C1CCCCC2CC=C(CCCCO1)O2. The molecule has 0 aliphatic carbocycles. The normalized spacial score (nSPS) is 27.9. The molecule has 2 heterocycles. The molecule has 0 N–H and O–H groups in total. The van der Waals surface area contributed by atoms with Gasteiger partial charge in [0.15, 0.2) is 0 Å². The van der Waals surface area contributed by atoms with E-state index < -0.39 is 0 Å². The molecule has 0 aromatic carbocycles. The summed E-state index contributed by atoms with van der Waals surface area (Å²) < 4.78 is 11.0. The lowest BCUT2D eigenvalue weighted by molar-refractivity contribution is -0.143. The summed E-state index contributed by atoms with van der Waals surface area (Å²) >= 11 is 0. The van der Waals surface area contributed by atoms with Crippen molar-refractivity contribution in [3.05, 3.63) is 11.8 Å². The quantitative estimate of drug-likeness (QED) is 0.593. The van der Waals surface area contributed by atoms with Gasteiger partial charge in [-0.2, -0.15) is 0 Å². The van der Waals surface area contributed by atoms with Crippen LogP contribution in [0.1, 0.15) is 51.4 Å². The molecule has 0 amide bonds. The number of ether oxygens (including phenoxy) is 2. The largest absolute Gasteiger partial charge is 0.495 e. The summed E-state index contributed by atoms with van der Waals surface area (Å²) in [6.45, 7) is 0.565. The van der Waals surface area contributed by atoms with Crippen LogP contribution in [0.4, 0.5) is 0 Å². The minimum absolute atomic E-state index is 0.0375. The first kappa shape index (κ1) is 11.5. The molecule has 16 heavy (non-hydrogen) atoms. The van der Waals surface area contributed by atoms with E-state index in [9.17, 15) is 4.79 Å². The van der Waals surface area contributed by atoms with Gasteiger partial charge in [-0.05, 0) is 38.2 Å². The van der Waals surface area contributed by atoms with Crippen LogP contribution in [-0.4, -0.2) is 18.7 Å². The topological polar surface area (TPSA) is 35.5 Å². The maximum atomic E-state index is 11.3. The van der Waals surface area contributed by atoms with Gasteiger partial charge in [0.05, 0.1) is 12.4 Å². The Morgan fingerprint density at radius 1 is 1.12 bits per heavy atom. The minimum atomic E-state index is -0.0375. The summed E-state index contributed by atoms with van der Waals surface area (Å²) in [6.07, 6.45) is 10.2. The third kappa shape index (κ3) is 3.54. The van der Waals surface area contributed by atoms with Crippen molar-refractivity contribution in [3.8, 4) is 0 Å². The Morgan fingerprint density at radius 3 is 2.94 bits per heavy atom. The molecule has 2 aliphatic rings. The second kappa shape index (κ2) is 5.92. The molecule has 1 atom stereocenters. The lowest BCUT2D eigenvalue weighted by Gasteiger charge is -2.12. The maximum absolute atomic E-state index is 11.3. The molecule has 0 spiro atoms. The van der Waals surface area contributed by atoms with E-state index in [0.717, 1.165) is 50.7 Å². The first-order chi connectivity index (χ1) is 7.84. The fraction of sp³-hybridized carbons (Fsp3) is 0.769. The minimum Gasteiger partial charge on any atom is -0.495 e. The van der Waals surface area contributed by atoms with Crippen molar-refractivity contribution in [1.29, 1.82) is 0 Å². The van der Waals surface area contributed by atoms with Gasteiger partial charge in [0.2, 0.25) is 0 Å². The number of hydrogen-bond acceptors (Lipinski definition) is 3. The molecule has 3 heteroatoms. The monoisotopic (exact) mass is 224 g/mol. The van der Waals surface area contributed by atoms with Crippen LogP contribution >= 0.6 is 0 Å². The zero-order valence-corrected chi connectivity index (χ0v) is 9.74. The highest BCUT2D eigenvalue weighted by Crippen LogP contribution is 2.25. The number of carbonyl (C=O) groups is 1. The van der Waals surface area contributed by atoms with Crippen molar-refractivity contribution in [2.24, 2.45) is 0 Å². The van der Waals surface area contributed by atoms with Crippen molar-refractivity contribution in [2.75, 3.05) is 6.61 Å². The van der Waals surface area contributed by atoms with Gasteiger partial charge in [0, 0.05) is 19.3 Å². The second-order valence-corrected chi connectivity index (χ2v) is 4.57. The Morgan fingerprint density at radius 2 is 2.00 bits per heavy atom. The summed E-state index contributed by atoms with van der Waals surface area (Å²) in [4.78, 5) is 11.3. The summed E-state index contributed by atoms with van der Waals surface area (Å²) in [5.41, 5.74) is 0. The third-order valence-electron chi connectivity index (χ3n) is 3.16. The number of hydrogen-bond donors (Lipinski definition) is 0. The first-order valence-corrected chi connectivity index (χ1v) is 6.36. The van der Waals surface area contributed by atoms with Gasteiger partial charge in [-0.15, -0.1) is 0 Å². The molecule has 3 nitrogen and oxygen atoms in total. The van der Waals surface area contributed by atoms with Gasteiger partial charge < -0.3 is 9.47 Å². The molecular weight excluding hydrogens is 204 g/mol. The molecule has 0 radical (unpaired) electrons. The Balaban J connectivity index is 1.81. The fourth-order valence-corrected chi connectivity index (χ4v) is 2.21. The Bertz CT molecular complexity index is 270. The van der Waals surface area contributed by atoms with Crippen molar-refractivity contribution in [1.82, 2.24) is 0 Å². The van der Waals surface area contributed by atoms with E-state index in [4.69, 9.17) is 9.47 Å². The number of rotatable bonds is 0. The maximum Gasteiger partial charge on any atom is 0.305 e. The Hall–Kier alpha value is -0.990. The summed E-state index contributed by atoms with van der Waals surface area (Å²) in [5, 5.41) is 0. The van der Waals surface area contributed by atoms with Crippen LogP contribution in [0.25, 0.3) is 0 Å². The highest BCUT2D eigenvalue weighted by molar-refractivity contribution is 5.69. The molecule has 2 rings (SSSR count). The summed E-state index contributed by atoms with van der Waals surface area (Å²) in [5.74, 6) is 1.11. The van der Waals surface area contributed by atoms with Crippen LogP contribution in [0, 0.1) is 0 Å². The smallest absolute Gasteiger partial charge is 0.305 e. The lowest BCUT2D eigenvalue weighted by atomic mass is 10.1. The molecule has 0 aromatic heterocycles. The van der Waals surface area contributed by atoms with E-state index in [-0.39, 0.29) is 5.97 Å². The van der Waals surface area contributed by atoms with E-state index in [1.54, 1.807) is 0 Å². The highest BCUT2D eigenvalue weighted by Gasteiger charge is 2.18. The molecule has 2 aliphatic heterocycles. The van der Waals surface area contributed by atoms with E-state index in [0.29, 0.717) is 19.1 Å². The predicted molar refractivity (Wildman–Crippen MR) is 60.9 cm³/mol. The lowest BCUT2D eigenvalue weighted by Crippen LogP contribution is -2.07. The van der Waals surface area contributed by atoms with Gasteiger partial charge in [-0.25, -0.2) is 0 Å². The van der Waals surface area contributed by atoms with Crippen LogP contribution < -0.4 is 0 Å². The first-order valence-electron chi connectivity index (χ1n) is 6.36. The van der Waals surface area contributed by atoms with E-state index in [1.165, 1.54) is 0 Å². The second-order valence-electron chi connectivity index (χ2n) is 4.57. The average Bonchev–Trinajstić information content (AvgIpc) is 2.72. The number of carbonyl (C=O) groups excluding carboxylic acids is 1. The number of fused-ring (bicyclic) bond motifs is 2. The van der Waals surface area contributed by atoms with Crippen LogP contribution in [-0.2, 0) is 14.3 Å². The number of cyclic esters (lactones) is 1. The van der Waals surface area contributed by atoms with E-state index in [2.05, 4.69) is 6.08 Å². The van der Waals surface area contributed by atoms with Crippen molar-refractivity contribution in [3.63, 3.8) is 0 Å². The van der Waals surface area contributed by atoms with E-state index in [1.807, 2.05) is 0 Å². The molecule has 1 fully saturated rings. The van der Waals surface area contributed by atoms with Gasteiger partial charge in [0.25, 0.3) is 0 Å². The van der Waals surface area contributed by atoms with Crippen LogP contribution in [0.2, 0.25) is 0 Å². The third-order valence-corrected chi connectivity index (χ3v) is 3.16. The zero-order chi connectivity index (χ0) is 11.2. The standard InChI is InChI=1S/C13H20O3/c14-13-7-2-1-5-11-8-9-12(16-11)6-3-4-10-15-13/h9,11H,1-8,10H2. The molecule has 1 saturated heterocycles. The van der Waals surface area contributed by atoms with Crippen molar-refractivity contribution < 1.29 is 14.3 Å². The van der Waals surface area contributed by atoms with Gasteiger partial charge in [-0.1, -0.05) is 0 Å². The average molecular weight is 224 g/mol. The Labute approximate surface area is 96.8 Å². The highest BCUT2D eigenvalue weighted by atomic mass is 16.5. The summed E-state index contributed by atoms with van der Waals surface area (Å²) in [6, 6.07) is 0. The van der Waals surface area contributed by atoms with Crippen LogP contribution in [0.15, 0.2) is 11.8 Å². The molecule has 1 unspecified atom stereocenters. The Kier molecular flexibility index (Phi) is 4.25. The molecule has 90 valence electrons. The predicted octanol–water partition coefficient (Wildman–Crippen LogP) is 2.95.